The Morgan fingerprint density at radius 1 is 0.933 bits per heavy atom. The van der Waals surface area contributed by atoms with Crippen LogP contribution in [-0.4, -0.2) is 66.0 Å². The van der Waals surface area contributed by atoms with E-state index in [0.717, 1.165) is 46.4 Å². The lowest BCUT2D eigenvalue weighted by Crippen LogP contribution is -2.61. The Balaban J connectivity index is 1.22. The highest BCUT2D eigenvalue weighted by atomic mass is 35.5. The molecule has 236 valence electrons. The average molecular weight is 628 g/mol. The fourth-order valence-electron chi connectivity index (χ4n) is 6.43. The van der Waals surface area contributed by atoms with E-state index in [2.05, 4.69) is 29.3 Å². The normalized spacial score (nSPS) is 19.4. The predicted octanol–water partition coefficient (Wildman–Crippen LogP) is 6.26. The van der Waals surface area contributed by atoms with Gasteiger partial charge in [-0.05, 0) is 97.7 Å². The minimum atomic E-state index is -0.215. The Morgan fingerprint density at radius 3 is 2.36 bits per heavy atom. The molecule has 6 rings (SSSR count). The van der Waals surface area contributed by atoms with Gasteiger partial charge in [-0.25, -0.2) is 0 Å². The van der Waals surface area contributed by atoms with Crippen LogP contribution >= 0.6 is 11.6 Å². The Labute approximate surface area is 271 Å². The summed E-state index contributed by atoms with van der Waals surface area (Å²) in [5.74, 6) is 1.51. The Kier molecular flexibility index (Phi) is 9.20. The fourth-order valence-corrected chi connectivity index (χ4v) is 6.70. The summed E-state index contributed by atoms with van der Waals surface area (Å²) in [6.45, 7) is 10.2. The summed E-state index contributed by atoms with van der Waals surface area (Å²) in [6, 6.07) is 20.3. The molecule has 1 aliphatic carbocycles. The van der Waals surface area contributed by atoms with Crippen LogP contribution in [0.2, 0.25) is 5.02 Å². The van der Waals surface area contributed by atoms with Gasteiger partial charge >= 0.3 is 0 Å². The summed E-state index contributed by atoms with van der Waals surface area (Å²) in [7, 11) is 0. The molecule has 2 heterocycles. The molecule has 0 aromatic heterocycles. The third-order valence-corrected chi connectivity index (χ3v) is 9.59. The second kappa shape index (κ2) is 13.3. The predicted molar refractivity (Wildman–Crippen MR) is 178 cm³/mol. The number of benzene rings is 3. The Morgan fingerprint density at radius 2 is 1.64 bits per heavy atom. The third kappa shape index (κ3) is 7.05. The first-order valence-electron chi connectivity index (χ1n) is 15.9. The summed E-state index contributed by atoms with van der Waals surface area (Å²) >= 11 is 6.35. The van der Waals surface area contributed by atoms with E-state index in [9.17, 15) is 9.59 Å². The van der Waals surface area contributed by atoms with Crippen molar-refractivity contribution in [2.75, 3.05) is 26.3 Å². The van der Waals surface area contributed by atoms with E-state index in [0.29, 0.717) is 50.0 Å². The molecule has 45 heavy (non-hydrogen) atoms. The fraction of sp³-hybridized carbons (Fsp3) is 0.405. The monoisotopic (exact) mass is 627 g/mol. The van der Waals surface area contributed by atoms with Crippen molar-refractivity contribution in [2.24, 2.45) is 0 Å². The van der Waals surface area contributed by atoms with E-state index in [1.807, 2.05) is 67.3 Å². The van der Waals surface area contributed by atoms with Crippen LogP contribution in [0.3, 0.4) is 0 Å². The number of rotatable bonds is 10. The number of nitrogens with zero attached hydrogens (tertiary/aromatic N) is 2. The van der Waals surface area contributed by atoms with Crippen molar-refractivity contribution < 1.29 is 19.1 Å². The molecule has 3 aliphatic rings. The summed E-state index contributed by atoms with van der Waals surface area (Å²) in [6.07, 6.45) is 2.72. The van der Waals surface area contributed by atoms with Crippen molar-refractivity contribution in [1.82, 2.24) is 15.1 Å². The van der Waals surface area contributed by atoms with E-state index in [-0.39, 0.29) is 29.9 Å². The van der Waals surface area contributed by atoms with E-state index in [1.165, 1.54) is 11.1 Å². The van der Waals surface area contributed by atoms with Crippen molar-refractivity contribution in [3.05, 3.63) is 99.1 Å². The minimum Gasteiger partial charge on any atom is -0.490 e. The molecular formula is C37H42ClN3O4. The van der Waals surface area contributed by atoms with Crippen molar-refractivity contribution in [3.8, 4) is 11.5 Å². The molecule has 1 saturated carbocycles. The number of fused-ring (bicyclic) bond motifs is 2. The molecule has 1 saturated heterocycles. The summed E-state index contributed by atoms with van der Waals surface area (Å²) < 4.78 is 11.9. The highest BCUT2D eigenvalue weighted by molar-refractivity contribution is 6.32. The number of halogens is 1. The van der Waals surface area contributed by atoms with Gasteiger partial charge in [-0.15, -0.1) is 0 Å². The third-order valence-electron chi connectivity index (χ3n) is 9.29. The number of hydrogen-bond acceptors (Lipinski definition) is 5. The summed E-state index contributed by atoms with van der Waals surface area (Å²) in [4.78, 5) is 30.9. The lowest BCUT2D eigenvalue weighted by atomic mass is 9.82. The highest BCUT2D eigenvalue weighted by Crippen LogP contribution is 2.38. The second-order valence-electron chi connectivity index (χ2n) is 12.6. The van der Waals surface area contributed by atoms with Gasteiger partial charge in [0.25, 0.3) is 5.91 Å². The average Bonchev–Trinajstić information content (AvgIpc) is 3.86. The number of carbonyl (C=O) groups excluding carboxylic acids is 2. The number of amides is 2. The van der Waals surface area contributed by atoms with Crippen LogP contribution in [0.5, 0.6) is 11.5 Å². The van der Waals surface area contributed by atoms with Crippen LogP contribution in [0.15, 0.2) is 66.2 Å². The van der Waals surface area contributed by atoms with Crippen LogP contribution in [0.25, 0.3) is 5.57 Å². The number of aryl methyl sites for hydroxylation is 3. The topological polar surface area (TPSA) is 71.1 Å². The zero-order valence-electron chi connectivity index (χ0n) is 26.6. The van der Waals surface area contributed by atoms with Crippen molar-refractivity contribution >= 4 is 29.0 Å². The highest BCUT2D eigenvalue weighted by Gasteiger charge is 2.43. The van der Waals surface area contributed by atoms with Gasteiger partial charge in [0.1, 0.15) is 24.7 Å². The van der Waals surface area contributed by atoms with E-state index < -0.39 is 0 Å². The molecule has 2 atom stereocenters. The van der Waals surface area contributed by atoms with Gasteiger partial charge in [0.05, 0.1) is 11.1 Å². The van der Waals surface area contributed by atoms with Crippen molar-refractivity contribution in [1.29, 1.82) is 0 Å². The summed E-state index contributed by atoms with van der Waals surface area (Å²) in [5.41, 5.74) is 7.47. The molecule has 1 N–H and O–H groups in total. The minimum absolute atomic E-state index is 0.0472. The lowest BCUT2D eigenvalue weighted by molar-refractivity contribution is -0.132. The maximum atomic E-state index is 14.6. The van der Waals surface area contributed by atoms with E-state index >= 15 is 0 Å². The van der Waals surface area contributed by atoms with E-state index in [1.54, 1.807) is 6.92 Å². The van der Waals surface area contributed by atoms with Crippen LogP contribution in [-0.2, 0) is 16.1 Å². The molecule has 0 radical (unpaired) electrons. The zero-order valence-corrected chi connectivity index (χ0v) is 27.3. The van der Waals surface area contributed by atoms with Gasteiger partial charge < -0.3 is 24.6 Å². The summed E-state index contributed by atoms with van der Waals surface area (Å²) in [5, 5.41) is 4.28. The number of hydrogen-bond donors (Lipinski definition) is 1. The molecule has 8 heteroatoms. The molecule has 3 aromatic rings. The Bertz CT molecular complexity index is 1610. The second-order valence-corrected chi connectivity index (χ2v) is 13.0. The first-order chi connectivity index (χ1) is 21.7. The standard InChI is InChI=1S/C37H42ClN3O4/c1-23-7-5-6-8-28(23)20-41(30-11-12-30)37(43)36-32(19-29-21-40(26(4)42)22-34(36)39-29)27-9-13-31(14-10-27)44-15-16-45-35-18-25(3)24(2)17-33(35)38/h5-10,13-14,17-18,29-30,34,39H,11-12,15-16,19-22H2,1-4H3. The van der Waals surface area contributed by atoms with Gasteiger partial charge in [0, 0.05) is 44.2 Å². The first-order valence-corrected chi connectivity index (χ1v) is 16.3. The Hall–Kier alpha value is -3.81. The molecule has 2 amide bonds. The molecule has 2 aliphatic heterocycles. The SMILES string of the molecule is CC(=O)N1CC2CC(c3ccc(OCCOc4cc(C)c(C)cc4Cl)cc3)=C(C(=O)N(Cc3ccccc3C)C3CC3)C(C1)N2. The van der Waals surface area contributed by atoms with Gasteiger partial charge in [0.2, 0.25) is 5.91 Å². The number of carbonyl (C=O) groups is 2. The molecule has 7 nitrogen and oxygen atoms in total. The number of piperazine rings is 1. The molecule has 2 fully saturated rings. The number of ether oxygens (including phenoxy) is 2. The van der Waals surface area contributed by atoms with E-state index in [4.69, 9.17) is 21.1 Å². The van der Waals surface area contributed by atoms with Crippen LogP contribution in [0, 0.1) is 20.8 Å². The quantitative estimate of drug-likeness (QED) is 0.269. The maximum absolute atomic E-state index is 14.6. The van der Waals surface area contributed by atoms with Crippen LogP contribution < -0.4 is 14.8 Å². The van der Waals surface area contributed by atoms with Crippen molar-refractivity contribution in [3.63, 3.8) is 0 Å². The molecule has 2 unspecified atom stereocenters. The zero-order chi connectivity index (χ0) is 31.7. The lowest BCUT2D eigenvalue weighted by Gasteiger charge is -2.44. The van der Waals surface area contributed by atoms with Gasteiger partial charge in [-0.2, -0.15) is 0 Å². The van der Waals surface area contributed by atoms with Gasteiger partial charge in [0.15, 0.2) is 0 Å². The van der Waals surface area contributed by atoms with Gasteiger partial charge in [-0.1, -0.05) is 48.0 Å². The van der Waals surface area contributed by atoms with Crippen LogP contribution in [0.4, 0.5) is 0 Å². The first kappa shape index (κ1) is 31.2. The smallest absolute Gasteiger partial charge is 0.252 e. The molecule has 2 bridgehead atoms. The molecule has 0 spiro atoms. The largest absolute Gasteiger partial charge is 0.490 e. The number of nitrogens with one attached hydrogen (secondary N) is 1. The van der Waals surface area contributed by atoms with Crippen LogP contribution in [0.1, 0.15) is 54.0 Å². The maximum Gasteiger partial charge on any atom is 0.252 e. The molecular weight excluding hydrogens is 586 g/mol. The van der Waals surface area contributed by atoms with Crippen molar-refractivity contribution in [2.45, 2.75) is 71.6 Å². The van der Waals surface area contributed by atoms with Gasteiger partial charge in [-0.3, -0.25) is 9.59 Å². The molecule has 3 aromatic carbocycles.